The van der Waals surface area contributed by atoms with Crippen molar-refractivity contribution in [3.8, 4) is 0 Å². The molecule has 1 aliphatic rings. The maximum Gasteiger partial charge on any atom is 0.335 e. The van der Waals surface area contributed by atoms with Crippen molar-refractivity contribution in [1.82, 2.24) is 15.3 Å². The topological polar surface area (TPSA) is 96.4 Å². The average molecular weight is 519 g/mol. The van der Waals surface area contributed by atoms with E-state index in [4.69, 9.17) is 16.3 Å². The molecule has 2 aromatic heterocycles. The summed E-state index contributed by atoms with van der Waals surface area (Å²) in [6.45, 7) is 3.61. The van der Waals surface area contributed by atoms with Crippen LogP contribution in [-0.4, -0.2) is 47.3 Å². The van der Waals surface area contributed by atoms with Crippen LogP contribution >= 0.6 is 11.6 Å². The number of aromatic nitrogens is 2. The molecule has 1 aliphatic carbocycles. The van der Waals surface area contributed by atoms with Gasteiger partial charge in [-0.05, 0) is 73.5 Å². The van der Waals surface area contributed by atoms with E-state index in [1.54, 1.807) is 30.6 Å². The number of unbranched alkanes of at least 4 members (excludes halogenated alkanes) is 1. The van der Waals surface area contributed by atoms with Crippen LogP contribution in [-0.2, 0) is 11.3 Å². The van der Waals surface area contributed by atoms with E-state index in [2.05, 4.69) is 38.8 Å². The molecule has 0 radical (unpaired) electrons. The number of carboxylic acids is 1. The summed E-state index contributed by atoms with van der Waals surface area (Å²) in [5, 5.41) is 19.8. The Morgan fingerprint density at radius 3 is 2.73 bits per heavy atom. The second-order valence-electron chi connectivity index (χ2n) is 9.47. The van der Waals surface area contributed by atoms with Crippen molar-refractivity contribution in [2.24, 2.45) is 0 Å². The molecule has 1 saturated carbocycles. The molecule has 0 aliphatic heterocycles. The fourth-order valence-corrected chi connectivity index (χ4v) is 4.91. The number of ether oxygens (including phenoxy) is 1. The van der Waals surface area contributed by atoms with Gasteiger partial charge in [-0.2, -0.15) is 0 Å². The zero-order valence-electron chi connectivity index (χ0n) is 20.7. The molecule has 1 fully saturated rings. The van der Waals surface area contributed by atoms with Crippen LogP contribution in [0.1, 0.15) is 53.1 Å². The lowest BCUT2D eigenvalue weighted by Crippen LogP contribution is -2.16. The predicted octanol–water partition coefficient (Wildman–Crippen LogP) is 6.01. The second-order valence-corrected chi connectivity index (χ2v) is 9.88. The lowest BCUT2D eigenvalue weighted by molar-refractivity contribution is 0.0697. The highest BCUT2D eigenvalue weighted by Gasteiger charge is 2.25. The summed E-state index contributed by atoms with van der Waals surface area (Å²) in [4.78, 5) is 20.3. The average Bonchev–Trinajstić information content (AvgIpc) is 3.75. The summed E-state index contributed by atoms with van der Waals surface area (Å²) in [5.74, 6) is 0.405. The summed E-state index contributed by atoms with van der Waals surface area (Å²) in [6.07, 6.45) is 8.06. The normalized spacial score (nSPS) is 13.3. The van der Waals surface area contributed by atoms with Crippen LogP contribution < -0.4 is 10.6 Å². The Morgan fingerprint density at radius 1 is 1.03 bits per heavy atom. The van der Waals surface area contributed by atoms with E-state index in [0.29, 0.717) is 37.0 Å². The van der Waals surface area contributed by atoms with Crippen LogP contribution in [0.25, 0.3) is 21.7 Å². The Hall–Kier alpha value is -3.26. The van der Waals surface area contributed by atoms with Gasteiger partial charge in [-0.15, -0.1) is 0 Å². The Kier molecular flexibility index (Phi) is 8.14. The fraction of sp³-hybridized carbons (Fsp3) is 0.345. The molecule has 3 N–H and O–H groups in total. The number of rotatable bonds is 13. The first-order valence-corrected chi connectivity index (χ1v) is 13.2. The van der Waals surface area contributed by atoms with Gasteiger partial charge >= 0.3 is 5.97 Å². The van der Waals surface area contributed by atoms with Crippen molar-refractivity contribution in [3.05, 3.63) is 76.6 Å². The monoisotopic (exact) mass is 518 g/mol. The van der Waals surface area contributed by atoms with Crippen LogP contribution in [0.15, 0.2) is 54.9 Å². The number of aromatic carboxylic acids is 1. The Labute approximate surface area is 221 Å². The molecule has 192 valence electrons. The molecule has 2 aromatic carbocycles. The van der Waals surface area contributed by atoms with Gasteiger partial charge in [0.05, 0.1) is 17.7 Å². The van der Waals surface area contributed by atoms with Crippen LogP contribution in [0, 0.1) is 0 Å². The standard InChI is InChI=1S/C29H31ClN4O3/c30-26-15-19(3-7-22(26)20-4-5-20)17-31-10-1-2-13-37-14-12-33-28-24-9-11-32-18-25(24)23-8-6-21(29(35)36)16-27(23)34-28/h3,6-9,11,15-16,18,20,31H,1-2,4-5,10,12-14,17H2,(H,33,34)(H,35,36). The van der Waals surface area contributed by atoms with E-state index in [1.165, 1.54) is 24.0 Å². The van der Waals surface area contributed by atoms with Gasteiger partial charge in [0.1, 0.15) is 5.82 Å². The number of nitrogens with zero attached hydrogens (tertiary/aromatic N) is 2. The highest BCUT2D eigenvalue weighted by molar-refractivity contribution is 6.31. The lowest BCUT2D eigenvalue weighted by Gasteiger charge is -2.12. The Balaban J connectivity index is 1.03. The summed E-state index contributed by atoms with van der Waals surface area (Å²) in [6, 6.07) is 13.3. The first kappa shape index (κ1) is 25.4. The number of benzene rings is 2. The van der Waals surface area contributed by atoms with Gasteiger partial charge in [0.25, 0.3) is 0 Å². The van der Waals surface area contributed by atoms with Crippen LogP contribution in [0.4, 0.5) is 5.82 Å². The van der Waals surface area contributed by atoms with Crippen molar-refractivity contribution in [2.45, 2.75) is 38.1 Å². The predicted molar refractivity (Wildman–Crippen MR) is 148 cm³/mol. The highest BCUT2D eigenvalue weighted by Crippen LogP contribution is 2.43. The first-order valence-electron chi connectivity index (χ1n) is 12.8. The number of fused-ring (bicyclic) bond motifs is 3. The Bertz CT molecular complexity index is 1410. The molecule has 0 saturated heterocycles. The number of pyridine rings is 2. The number of hydrogen-bond acceptors (Lipinski definition) is 6. The van der Waals surface area contributed by atoms with Crippen molar-refractivity contribution < 1.29 is 14.6 Å². The molecule has 0 unspecified atom stereocenters. The summed E-state index contributed by atoms with van der Waals surface area (Å²) in [5.41, 5.74) is 3.35. The molecule has 0 bridgehead atoms. The number of nitrogens with one attached hydrogen (secondary N) is 2. The van der Waals surface area contributed by atoms with Gasteiger partial charge in [0.15, 0.2) is 0 Å². The van der Waals surface area contributed by atoms with Gasteiger partial charge in [0.2, 0.25) is 0 Å². The largest absolute Gasteiger partial charge is 0.478 e. The summed E-state index contributed by atoms with van der Waals surface area (Å²) >= 11 is 6.42. The molecule has 0 spiro atoms. The maximum atomic E-state index is 11.4. The van der Waals surface area contributed by atoms with Crippen molar-refractivity contribution >= 4 is 45.1 Å². The van der Waals surface area contributed by atoms with E-state index in [-0.39, 0.29) is 5.56 Å². The fourth-order valence-electron chi connectivity index (χ4n) is 4.55. The molecule has 8 heteroatoms. The van der Waals surface area contributed by atoms with E-state index in [1.807, 2.05) is 6.07 Å². The molecular weight excluding hydrogens is 488 g/mol. The number of carboxylic acid groups (broad SMARTS) is 1. The van der Waals surface area contributed by atoms with Gasteiger partial charge < -0.3 is 20.5 Å². The minimum atomic E-state index is -0.972. The summed E-state index contributed by atoms with van der Waals surface area (Å²) < 4.78 is 5.80. The zero-order chi connectivity index (χ0) is 25.6. The smallest absolute Gasteiger partial charge is 0.335 e. The van der Waals surface area contributed by atoms with Gasteiger partial charge in [0, 0.05) is 53.3 Å². The van der Waals surface area contributed by atoms with E-state index in [0.717, 1.165) is 47.1 Å². The molecule has 4 aromatic rings. The molecule has 5 rings (SSSR count). The number of carbonyl (C=O) groups is 1. The van der Waals surface area contributed by atoms with Crippen LogP contribution in [0.5, 0.6) is 0 Å². The third-order valence-electron chi connectivity index (χ3n) is 6.69. The third-order valence-corrected chi connectivity index (χ3v) is 7.01. The maximum absolute atomic E-state index is 11.4. The quantitative estimate of drug-likeness (QED) is 0.147. The lowest BCUT2D eigenvalue weighted by atomic mass is 10.1. The van der Waals surface area contributed by atoms with Crippen molar-refractivity contribution in [1.29, 1.82) is 0 Å². The van der Waals surface area contributed by atoms with E-state index < -0.39 is 5.97 Å². The number of halogens is 1. The zero-order valence-corrected chi connectivity index (χ0v) is 21.4. The van der Waals surface area contributed by atoms with Gasteiger partial charge in [-0.1, -0.05) is 29.8 Å². The molecule has 0 amide bonds. The minimum Gasteiger partial charge on any atom is -0.478 e. The molecule has 2 heterocycles. The van der Waals surface area contributed by atoms with Gasteiger partial charge in [-0.3, -0.25) is 4.98 Å². The summed E-state index contributed by atoms with van der Waals surface area (Å²) in [7, 11) is 0. The minimum absolute atomic E-state index is 0.210. The van der Waals surface area contributed by atoms with E-state index in [9.17, 15) is 9.90 Å². The third kappa shape index (κ3) is 6.36. The number of hydrogen-bond donors (Lipinski definition) is 3. The van der Waals surface area contributed by atoms with Crippen molar-refractivity contribution in [2.75, 3.05) is 31.6 Å². The Morgan fingerprint density at radius 2 is 1.92 bits per heavy atom. The number of anilines is 1. The van der Waals surface area contributed by atoms with Crippen molar-refractivity contribution in [3.63, 3.8) is 0 Å². The van der Waals surface area contributed by atoms with Crippen LogP contribution in [0.2, 0.25) is 5.02 Å². The van der Waals surface area contributed by atoms with Crippen LogP contribution in [0.3, 0.4) is 0 Å². The van der Waals surface area contributed by atoms with Gasteiger partial charge in [-0.25, -0.2) is 9.78 Å². The second kappa shape index (κ2) is 11.9. The molecule has 37 heavy (non-hydrogen) atoms. The molecule has 0 atom stereocenters. The molecular formula is C29H31ClN4O3. The first-order chi connectivity index (χ1) is 18.1. The SMILES string of the molecule is O=C(O)c1ccc2c(c1)nc(NCCOCCCCNCc1ccc(C3CC3)c(Cl)c1)c1ccncc12. The van der Waals surface area contributed by atoms with E-state index >= 15 is 0 Å². The highest BCUT2D eigenvalue weighted by atomic mass is 35.5. The molecule has 7 nitrogen and oxygen atoms in total.